The van der Waals surface area contributed by atoms with Crippen LogP contribution < -0.4 is 10.6 Å². The largest absolute Gasteiger partial charge is 0.387 e. The Hall–Kier alpha value is -2.21. The zero-order valence-electron chi connectivity index (χ0n) is 14.8. The lowest BCUT2D eigenvalue weighted by molar-refractivity contribution is -0.118. The van der Waals surface area contributed by atoms with Gasteiger partial charge in [-0.3, -0.25) is 14.9 Å². The molecule has 2 rings (SSSR count). The molecule has 0 aliphatic carbocycles. The van der Waals surface area contributed by atoms with E-state index in [0.29, 0.717) is 17.1 Å². The van der Waals surface area contributed by atoms with Crippen LogP contribution in [0, 0.1) is 0 Å². The molecule has 0 spiro atoms. The Balaban J connectivity index is 1.84. The summed E-state index contributed by atoms with van der Waals surface area (Å²) in [6.07, 6.45) is 0.116. The van der Waals surface area contributed by atoms with Crippen molar-refractivity contribution in [3.05, 3.63) is 70.2 Å². The molecule has 2 aromatic rings. The van der Waals surface area contributed by atoms with Gasteiger partial charge in [-0.2, -0.15) is 0 Å². The van der Waals surface area contributed by atoms with E-state index in [2.05, 4.69) is 10.6 Å². The normalized spacial score (nSPS) is 13.1. The Kier molecular flexibility index (Phi) is 7.33. The molecular formula is C20H23ClN2O3. The van der Waals surface area contributed by atoms with E-state index in [0.717, 1.165) is 17.5 Å². The fourth-order valence-corrected chi connectivity index (χ4v) is 2.79. The van der Waals surface area contributed by atoms with E-state index < -0.39 is 12.0 Å². The predicted molar refractivity (Wildman–Crippen MR) is 102 cm³/mol. The highest BCUT2D eigenvalue weighted by molar-refractivity contribution is 6.30. The number of nitrogens with one attached hydrogen (secondary N) is 2. The van der Waals surface area contributed by atoms with Crippen molar-refractivity contribution in [3.8, 4) is 0 Å². The van der Waals surface area contributed by atoms with E-state index in [9.17, 15) is 14.7 Å². The molecule has 1 unspecified atom stereocenters. The van der Waals surface area contributed by atoms with Crippen molar-refractivity contribution < 1.29 is 14.7 Å². The minimum absolute atomic E-state index is 0.140. The molecule has 0 aromatic heterocycles. The number of carbonyl (C=O) groups excluding carboxylic acids is 2. The Morgan fingerprint density at radius 3 is 2.46 bits per heavy atom. The lowest BCUT2D eigenvalue weighted by Crippen LogP contribution is -2.32. The van der Waals surface area contributed by atoms with E-state index in [4.69, 9.17) is 11.6 Å². The number of aliphatic hydroxyl groups is 1. The van der Waals surface area contributed by atoms with Crippen LogP contribution in [0.15, 0.2) is 48.5 Å². The average molecular weight is 375 g/mol. The van der Waals surface area contributed by atoms with Gasteiger partial charge in [0.15, 0.2) is 0 Å². The molecule has 0 bridgehead atoms. The van der Waals surface area contributed by atoms with Crippen LogP contribution in [0.5, 0.6) is 0 Å². The SMILES string of the molecule is CC(=O)NC(=O)c1ccc(CC(C)NC[C@H](O)c2cccc(Cl)c2)cc1. The maximum absolute atomic E-state index is 11.7. The van der Waals surface area contributed by atoms with Gasteiger partial charge in [0.2, 0.25) is 5.91 Å². The van der Waals surface area contributed by atoms with Crippen molar-refractivity contribution in [2.24, 2.45) is 0 Å². The Morgan fingerprint density at radius 1 is 1.15 bits per heavy atom. The summed E-state index contributed by atoms with van der Waals surface area (Å²) in [5.74, 6) is -0.782. The third-order valence-electron chi connectivity index (χ3n) is 3.94. The van der Waals surface area contributed by atoms with Gasteiger partial charge in [-0.05, 0) is 48.7 Å². The highest BCUT2D eigenvalue weighted by atomic mass is 35.5. The number of hydrogen-bond donors (Lipinski definition) is 3. The Labute approximate surface area is 158 Å². The van der Waals surface area contributed by atoms with Crippen LogP contribution >= 0.6 is 11.6 Å². The summed E-state index contributed by atoms with van der Waals surface area (Å²) in [7, 11) is 0. The number of rotatable bonds is 7. The van der Waals surface area contributed by atoms with E-state index in [1.807, 2.05) is 31.2 Å². The molecule has 0 fully saturated rings. The van der Waals surface area contributed by atoms with Gasteiger partial charge in [0.25, 0.3) is 5.91 Å². The molecule has 2 amide bonds. The standard InChI is InChI=1S/C20H23ClN2O3/c1-13(22-12-19(25)17-4-3-5-18(21)11-17)10-15-6-8-16(9-7-15)20(26)23-14(2)24/h3-9,11,13,19,22,25H,10,12H2,1-2H3,(H,23,24,26)/t13?,19-/m0/s1. The van der Waals surface area contributed by atoms with Crippen molar-refractivity contribution in [2.45, 2.75) is 32.4 Å². The first-order chi connectivity index (χ1) is 12.3. The van der Waals surface area contributed by atoms with Crippen LogP contribution in [0.1, 0.15) is 41.4 Å². The van der Waals surface area contributed by atoms with Gasteiger partial charge in [-0.1, -0.05) is 35.9 Å². The van der Waals surface area contributed by atoms with Crippen molar-refractivity contribution in [1.29, 1.82) is 0 Å². The number of amides is 2. The summed E-state index contributed by atoms with van der Waals surface area (Å²) < 4.78 is 0. The zero-order valence-corrected chi connectivity index (χ0v) is 15.6. The van der Waals surface area contributed by atoms with Gasteiger partial charge >= 0.3 is 0 Å². The summed E-state index contributed by atoms with van der Waals surface area (Å²) in [6, 6.07) is 14.4. The quantitative estimate of drug-likeness (QED) is 0.696. The second kappa shape index (κ2) is 9.48. The Bertz CT molecular complexity index is 762. The molecule has 0 radical (unpaired) electrons. The van der Waals surface area contributed by atoms with Gasteiger partial charge in [-0.15, -0.1) is 0 Å². The van der Waals surface area contributed by atoms with Crippen LogP contribution in [0.4, 0.5) is 0 Å². The van der Waals surface area contributed by atoms with E-state index in [1.165, 1.54) is 6.92 Å². The lowest BCUT2D eigenvalue weighted by atomic mass is 10.0. The molecule has 5 nitrogen and oxygen atoms in total. The van der Waals surface area contributed by atoms with E-state index in [-0.39, 0.29) is 11.9 Å². The van der Waals surface area contributed by atoms with E-state index >= 15 is 0 Å². The topological polar surface area (TPSA) is 78.4 Å². The third-order valence-corrected chi connectivity index (χ3v) is 4.18. The lowest BCUT2D eigenvalue weighted by Gasteiger charge is -2.18. The predicted octanol–water partition coefficient (Wildman–Crippen LogP) is 2.87. The molecule has 3 N–H and O–H groups in total. The molecule has 0 aliphatic heterocycles. The third kappa shape index (κ3) is 6.26. The molecule has 0 saturated carbocycles. The fourth-order valence-electron chi connectivity index (χ4n) is 2.59. The summed E-state index contributed by atoms with van der Waals surface area (Å²) in [5, 5.41) is 16.4. The first kappa shape index (κ1) is 20.1. The fraction of sp³-hybridized carbons (Fsp3) is 0.300. The maximum atomic E-state index is 11.7. The molecule has 2 aromatic carbocycles. The maximum Gasteiger partial charge on any atom is 0.257 e. The van der Waals surface area contributed by atoms with Gasteiger partial charge in [-0.25, -0.2) is 0 Å². The summed E-state index contributed by atoms with van der Waals surface area (Å²) in [5.41, 5.74) is 2.28. The highest BCUT2D eigenvalue weighted by Crippen LogP contribution is 2.17. The van der Waals surface area contributed by atoms with Gasteiger partial charge in [0.05, 0.1) is 6.10 Å². The molecular weight excluding hydrogens is 352 g/mol. The number of hydrogen-bond acceptors (Lipinski definition) is 4. The van der Waals surface area contributed by atoms with E-state index in [1.54, 1.807) is 24.3 Å². The molecule has 26 heavy (non-hydrogen) atoms. The number of aliphatic hydroxyl groups excluding tert-OH is 1. The number of carbonyl (C=O) groups is 2. The number of imide groups is 1. The van der Waals surface area contributed by atoms with Gasteiger partial charge in [0.1, 0.15) is 0 Å². The number of halogens is 1. The summed E-state index contributed by atoms with van der Waals surface area (Å²) in [4.78, 5) is 22.7. The second-order valence-corrected chi connectivity index (χ2v) is 6.73. The molecule has 0 heterocycles. The van der Waals surface area contributed by atoms with Crippen LogP contribution in [0.3, 0.4) is 0 Å². The monoisotopic (exact) mass is 374 g/mol. The zero-order chi connectivity index (χ0) is 19.1. The Morgan fingerprint density at radius 2 is 1.85 bits per heavy atom. The van der Waals surface area contributed by atoms with Crippen LogP contribution in [-0.2, 0) is 11.2 Å². The van der Waals surface area contributed by atoms with Crippen LogP contribution in [-0.4, -0.2) is 29.5 Å². The second-order valence-electron chi connectivity index (χ2n) is 6.29. The average Bonchev–Trinajstić information content (AvgIpc) is 2.59. The molecule has 6 heteroatoms. The molecule has 2 atom stereocenters. The van der Waals surface area contributed by atoms with Crippen LogP contribution in [0.2, 0.25) is 5.02 Å². The van der Waals surface area contributed by atoms with Crippen molar-refractivity contribution >= 4 is 23.4 Å². The smallest absolute Gasteiger partial charge is 0.257 e. The minimum Gasteiger partial charge on any atom is -0.387 e. The molecule has 0 saturated heterocycles. The first-order valence-electron chi connectivity index (χ1n) is 8.43. The van der Waals surface area contributed by atoms with Gasteiger partial charge < -0.3 is 10.4 Å². The molecule has 138 valence electrons. The van der Waals surface area contributed by atoms with Crippen LogP contribution in [0.25, 0.3) is 0 Å². The van der Waals surface area contributed by atoms with Crippen molar-refractivity contribution in [1.82, 2.24) is 10.6 Å². The minimum atomic E-state index is -0.631. The van der Waals surface area contributed by atoms with Crippen molar-refractivity contribution in [2.75, 3.05) is 6.54 Å². The molecule has 0 aliphatic rings. The summed E-state index contributed by atoms with van der Waals surface area (Å²) in [6.45, 7) is 3.75. The van der Waals surface area contributed by atoms with Gasteiger partial charge in [0, 0.05) is 30.1 Å². The van der Waals surface area contributed by atoms with Crippen molar-refractivity contribution in [3.63, 3.8) is 0 Å². The highest BCUT2D eigenvalue weighted by Gasteiger charge is 2.11. The summed E-state index contributed by atoms with van der Waals surface area (Å²) >= 11 is 5.94. The number of benzene rings is 2. The first-order valence-corrected chi connectivity index (χ1v) is 8.80.